The normalized spacial score (nSPS) is 11.9. The van der Waals surface area contributed by atoms with E-state index in [1.54, 1.807) is 0 Å². The van der Waals surface area contributed by atoms with Crippen molar-refractivity contribution in [2.45, 2.75) is 0 Å². The molecule has 0 amide bonds. The highest BCUT2D eigenvalue weighted by Crippen LogP contribution is 2.33. The average Bonchev–Trinajstić information content (AvgIpc) is 3.52. The van der Waals surface area contributed by atoms with Crippen LogP contribution in [0.5, 0.6) is 34.5 Å². The molecule has 2 heterocycles. The molecule has 5 aromatic carbocycles. The molecular formula is C39H29N3O3+2. The Kier molecular flexibility index (Phi) is 7.70. The fourth-order valence-corrected chi connectivity index (χ4v) is 4.97. The lowest BCUT2D eigenvalue weighted by atomic mass is 10.0. The molecule has 0 atom stereocenters. The van der Waals surface area contributed by atoms with Gasteiger partial charge in [-0.25, -0.2) is 0 Å². The molecule has 0 N–H and O–H groups in total. The van der Waals surface area contributed by atoms with Gasteiger partial charge in [0.15, 0.2) is 7.05 Å². The van der Waals surface area contributed by atoms with Crippen molar-refractivity contribution < 1.29 is 23.4 Å². The topological polar surface area (TPSA) is 46.6 Å². The Morgan fingerprint density at radius 1 is 0.489 bits per heavy atom. The van der Waals surface area contributed by atoms with Gasteiger partial charge in [-0.05, 0) is 77.9 Å². The number of rotatable bonds is 9. The molecule has 1 aliphatic rings. The molecule has 6 aromatic rings. The number of benzene rings is 5. The van der Waals surface area contributed by atoms with E-state index < -0.39 is 0 Å². The predicted molar refractivity (Wildman–Crippen MR) is 175 cm³/mol. The van der Waals surface area contributed by atoms with Crippen molar-refractivity contribution in [3.8, 4) is 56.9 Å². The van der Waals surface area contributed by atoms with Crippen molar-refractivity contribution in [1.82, 2.24) is 4.98 Å². The van der Waals surface area contributed by atoms with Crippen LogP contribution in [0.25, 0.3) is 22.4 Å². The fourth-order valence-electron chi connectivity index (χ4n) is 4.97. The molecule has 0 unspecified atom stereocenters. The molecule has 0 saturated heterocycles. The predicted octanol–water partition coefficient (Wildman–Crippen LogP) is 9.74. The van der Waals surface area contributed by atoms with Crippen LogP contribution in [0.4, 0.5) is 5.69 Å². The van der Waals surface area contributed by atoms with Crippen LogP contribution >= 0.6 is 0 Å². The Hall–Kier alpha value is -6.23. The molecule has 1 aliphatic heterocycles. The number of hydrogen-bond acceptors (Lipinski definition) is 4. The second-order valence-electron chi connectivity index (χ2n) is 10.5. The standard InChI is InChI=1S/C39H29N3O3/c1-41-21-22-42(28-41)32-11-7-16-36(26-32)44-35-15-6-10-31(24-35)39-25-30(19-20-40-39)29-9-5-14-34(23-29)45-38-18-8-17-37(27-38)43-33-12-3-2-4-13-33/h2-27H,1H3/q+2. The van der Waals surface area contributed by atoms with E-state index in [4.69, 9.17) is 14.2 Å². The van der Waals surface area contributed by atoms with Crippen LogP contribution < -0.4 is 14.2 Å². The first kappa shape index (κ1) is 27.6. The van der Waals surface area contributed by atoms with Gasteiger partial charge in [0.25, 0.3) is 6.20 Å². The highest BCUT2D eigenvalue weighted by Gasteiger charge is 2.17. The number of hydrogen-bond donors (Lipinski definition) is 0. The zero-order valence-corrected chi connectivity index (χ0v) is 24.6. The van der Waals surface area contributed by atoms with Gasteiger partial charge in [-0.3, -0.25) is 4.98 Å². The summed E-state index contributed by atoms with van der Waals surface area (Å²) in [6.07, 6.45) is 5.73. The van der Waals surface area contributed by atoms with Crippen LogP contribution in [0.2, 0.25) is 0 Å². The average molecular weight is 588 g/mol. The highest BCUT2D eigenvalue weighted by molar-refractivity contribution is 5.72. The van der Waals surface area contributed by atoms with E-state index in [2.05, 4.69) is 23.1 Å². The molecule has 216 valence electrons. The summed E-state index contributed by atoms with van der Waals surface area (Å²) in [5.74, 6) is 4.38. The van der Waals surface area contributed by atoms with Crippen molar-refractivity contribution in [3.63, 3.8) is 0 Å². The quantitative estimate of drug-likeness (QED) is 0.158. The first-order valence-corrected chi connectivity index (χ1v) is 14.6. The van der Waals surface area contributed by atoms with Crippen molar-refractivity contribution in [2.75, 3.05) is 7.05 Å². The zero-order chi connectivity index (χ0) is 30.4. The van der Waals surface area contributed by atoms with Gasteiger partial charge in [0.05, 0.1) is 11.8 Å². The largest absolute Gasteiger partial charge is 0.495 e. The van der Waals surface area contributed by atoms with Gasteiger partial charge < -0.3 is 14.2 Å². The van der Waals surface area contributed by atoms with Crippen LogP contribution in [-0.4, -0.2) is 27.2 Å². The van der Waals surface area contributed by atoms with Crippen molar-refractivity contribution in [2.24, 2.45) is 0 Å². The molecule has 0 aliphatic carbocycles. The molecule has 0 spiro atoms. The lowest BCUT2D eigenvalue weighted by Gasteiger charge is -2.11. The zero-order valence-electron chi connectivity index (χ0n) is 24.6. The molecule has 0 bridgehead atoms. The van der Waals surface area contributed by atoms with E-state index in [-0.39, 0.29) is 0 Å². The molecule has 0 fully saturated rings. The van der Waals surface area contributed by atoms with Gasteiger partial charge in [0, 0.05) is 23.9 Å². The number of para-hydroxylation sites is 1. The number of pyridine rings is 1. The summed E-state index contributed by atoms with van der Waals surface area (Å²) in [7, 11) is 1.94. The molecule has 0 saturated carbocycles. The SMILES string of the molecule is C[N+]1=C=[N+](c2cccc(Oc3cccc(-c4cc(-c5cccc(Oc6cccc(Oc7ccccc7)c6)c5)ccn4)c3)c2)C=C1. The van der Waals surface area contributed by atoms with Gasteiger partial charge in [0.1, 0.15) is 34.5 Å². The van der Waals surface area contributed by atoms with Crippen molar-refractivity contribution in [3.05, 3.63) is 158 Å². The maximum absolute atomic E-state index is 6.25. The smallest absolute Gasteiger partial charge is 0.457 e. The Morgan fingerprint density at radius 3 is 1.76 bits per heavy atom. The Balaban J connectivity index is 1.08. The number of ether oxygens (including phenoxy) is 3. The van der Waals surface area contributed by atoms with Gasteiger partial charge in [0.2, 0.25) is 11.9 Å². The van der Waals surface area contributed by atoms with E-state index in [0.717, 1.165) is 51.1 Å². The Labute approximate surface area is 261 Å². The summed E-state index contributed by atoms with van der Waals surface area (Å²) in [5, 5.41) is 0. The summed E-state index contributed by atoms with van der Waals surface area (Å²) in [6, 6.07) is 48.5. The van der Waals surface area contributed by atoms with Crippen LogP contribution in [-0.2, 0) is 0 Å². The number of nitrogens with zero attached hydrogens (tertiary/aromatic N) is 3. The van der Waals surface area contributed by atoms with E-state index in [1.807, 2.05) is 162 Å². The van der Waals surface area contributed by atoms with Crippen LogP contribution in [0.3, 0.4) is 0 Å². The van der Waals surface area contributed by atoms with Gasteiger partial charge in [-0.1, -0.05) is 63.7 Å². The van der Waals surface area contributed by atoms with Crippen LogP contribution in [0, 0.1) is 0 Å². The molecule has 45 heavy (non-hydrogen) atoms. The third-order valence-corrected chi connectivity index (χ3v) is 7.11. The second-order valence-corrected chi connectivity index (χ2v) is 10.5. The first-order chi connectivity index (χ1) is 22.1. The van der Waals surface area contributed by atoms with Gasteiger partial charge >= 0.3 is 6.01 Å². The minimum absolute atomic E-state index is 0.693. The second kappa shape index (κ2) is 12.6. The fraction of sp³-hybridized carbons (Fsp3) is 0.0256. The molecule has 0 radical (unpaired) electrons. The Bertz CT molecular complexity index is 2100. The van der Waals surface area contributed by atoms with Gasteiger partial charge in [-0.2, -0.15) is 0 Å². The molecule has 1 aromatic heterocycles. The maximum Gasteiger partial charge on any atom is 0.495 e. The van der Waals surface area contributed by atoms with E-state index in [9.17, 15) is 0 Å². The minimum Gasteiger partial charge on any atom is -0.457 e. The third kappa shape index (κ3) is 6.73. The summed E-state index contributed by atoms with van der Waals surface area (Å²) < 4.78 is 22.3. The van der Waals surface area contributed by atoms with E-state index in [1.165, 1.54) is 0 Å². The molecule has 6 heteroatoms. The van der Waals surface area contributed by atoms with Crippen LogP contribution in [0.1, 0.15) is 0 Å². The summed E-state index contributed by atoms with van der Waals surface area (Å²) in [5.41, 5.74) is 4.82. The van der Waals surface area contributed by atoms with Crippen molar-refractivity contribution >= 4 is 11.7 Å². The summed E-state index contributed by atoms with van der Waals surface area (Å²) in [6.45, 7) is 0. The molecule has 7 rings (SSSR count). The van der Waals surface area contributed by atoms with Crippen molar-refractivity contribution in [1.29, 1.82) is 0 Å². The lowest BCUT2D eigenvalue weighted by Crippen LogP contribution is -1.94. The minimum atomic E-state index is 0.693. The lowest BCUT2D eigenvalue weighted by molar-refractivity contribution is -0.429. The van der Waals surface area contributed by atoms with Gasteiger partial charge in [-0.15, -0.1) is 0 Å². The molecular weight excluding hydrogens is 558 g/mol. The summed E-state index contributed by atoms with van der Waals surface area (Å²) >= 11 is 0. The highest BCUT2D eigenvalue weighted by atomic mass is 16.5. The molecule has 6 nitrogen and oxygen atoms in total. The number of aromatic nitrogens is 1. The first-order valence-electron chi connectivity index (χ1n) is 14.6. The van der Waals surface area contributed by atoms with E-state index >= 15 is 0 Å². The maximum atomic E-state index is 6.25. The monoisotopic (exact) mass is 587 g/mol. The Morgan fingerprint density at radius 2 is 1.04 bits per heavy atom. The van der Waals surface area contributed by atoms with Crippen LogP contribution in [0.15, 0.2) is 158 Å². The third-order valence-electron chi connectivity index (χ3n) is 7.11. The van der Waals surface area contributed by atoms with E-state index in [0.29, 0.717) is 11.5 Å². The summed E-state index contributed by atoms with van der Waals surface area (Å²) in [4.78, 5) is 4.66.